The summed E-state index contributed by atoms with van der Waals surface area (Å²) in [4.78, 5) is 18.7. The van der Waals surface area contributed by atoms with Crippen molar-refractivity contribution in [2.24, 2.45) is 0 Å². The molecular formula is C16H14ClN3O. The number of pyridine rings is 1. The number of fused-ring (bicyclic) bond motifs is 1. The molecule has 106 valence electrons. The summed E-state index contributed by atoms with van der Waals surface area (Å²) in [7, 11) is 0. The van der Waals surface area contributed by atoms with Gasteiger partial charge in [0.05, 0.1) is 17.1 Å². The van der Waals surface area contributed by atoms with Gasteiger partial charge in [-0.2, -0.15) is 5.26 Å². The second-order valence-electron chi connectivity index (χ2n) is 5.15. The van der Waals surface area contributed by atoms with Gasteiger partial charge in [-0.3, -0.25) is 4.79 Å². The van der Waals surface area contributed by atoms with Gasteiger partial charge in [0.25, 0.3) is 5.91 Å². The molecule has 5 heteroatoms. The number of halogens is 1. The van der Waals surface area contributed by atoms with Gasteiger partial charge in [0.15, 0.2) is 0 Å². The number of hydrogen-bond donors (Lipinski definition) is 0. The summed E-state index contributed by atoms with van der Waals surface area (Å²) in [6.07, 6.45) is 2.65. The van der Waals surface area contributed by atoms with Crippen LogP contribution in [0.25, 0.3) is 10.9 Å². The molecule has 0 radical (unpaired) electrons. The maximum atomic E-state index is 12.8. The maximum absolute atomic E-state index is 12.8. The molecule has 0 bridgehead atoms. The number of para-hydroxylation sites is 1. The standard InChI is InChI=1S/C16H14ClN3O/c17-15-9-13(12-6-1-2-7-14(12)19-15)16(21)20-8-4-3-5-11(20)10-18/h1-2,6-7,9,11H,3-5,8H2. The van der Waals surface area contributed by atoms with Gasteiger partial charge in [0.2, 0.25) is 0 Å². The Balaban J connectivity index is 2.07. The van der Waals surface area contributed by atoms with E-state index in [4.69, 9.17) is 11.6 Å². The van der Waals surface area contributed by atoms with E-state index in [1.807, 2.05) is 24.3 Å². The van der Waals surface area contributed by atoms with Crippen molar-refractivity contribution in [3.63, 3.8) is 0 Å². The van der Waals surface area contributed by atoms with Crippen molar-refractivity contribution in [2.45, 2.75) is 25.3 Å². The van der Waals surface area contributed by atoms with Crippen LogP contribution in [0.4, 0.5) is 0 Å². The summed E-state index contributed by atoms with van der Waals surface area (Å²) in [6.45, 7) is 0.616. The fourth-order valence-corrected chi connectivity index (χ4v) is 2.98. The maximum Gasteiger partial charge on any atom is 0.255 e. The minimum Gasteiger partial charge on any atom is -0.323 e. The van der Waals surface area contributed by atoms with Crippen molar-refractivity contribution >= 4 is 28.4 Å². The first-order chi connectivity index (χ1) is 10.2. The third-order valence-electron chi connectivity index (χ3n) is 3.83. The molecule has 0 saturated carbocycles. The molecule has 1 amide bonds. The van der Waals surface area contributed by atoms with Crippen molar-refractivity contribution in [3.05, 3.63) is 41.0 Å². The summed E-state index contributed by atoms with van der Waals surface area (Å²) in [6, 6.07) is 10.9. The molecule has 1 aliphatic heterocycles. The topological polar surface area (TPSA) is 57.0 Å². The highest BCUT2D eigenvalue weighted by Crippen LogP contribution is 2.25. The van der Waals surface area contributed by atoms with Crippen LogP contribution in [0.1, 0.15) is 29.6 Å². The molecule has 2 heterocycles. The number of benzene rings is 1. The van der Waals surface area contributed by atoms with Gasteiger partial charge in [-0.25, -0.2) is 4.98 Å². The average Bonchev–Trinajstić information content (AvgIpc) is 2.53. The van der Waals surface area contributed by atoms with E-state index in [9.17, 15) is 10.1 Å². The number of amides is 1. The van der Waals surface area contributed by atoms with Crippen molar-refractivity contribution in [1.82, 2.24) is 9.88 Å². The largest absolute Gasteiger partial charge is 0.323 e. The van der Waals surface area contributed by atoms with Crippen LogP contribution in [0.3, 0.4) is 0 Å². The van der Waals surface area contributed by atoms with Crippen molar-refractivity contribution in [1.29, 1.82) is 5.26 Å². The van der Waals surface area contributed by atoms with E-state index in [2.05, 4.69) is 11.1 Å². The Bertz CT molecular complexity index is 738. The number of carbonyl (C=O) groups excluding carboxylic acids is 1. The van der Waals surface area contributed by atoms with Crippen LogP contribution in [-0.4, -0.2) is 28.4 Å². The molecule has 0 N–H and O–H groups in total. The normalized spacial score (nSPS) is 18.5. The number of aromatic nitrogens is 1. The van der Waals surface area contributed by atoms with Crippen molar-refractivity contribution < 1.29 is 4.79 Å². The molecule has 3 rings (SSSR count). The number of likely N-dealkylation sites (tertiary alicyclic amines) is 1. The Hall–Kier alpha value is -2.12. The zero-order chi connectivity index (χ0) is 14.8. The van der Waals surface area contributed by atoms with E-state index < -0.39 is 0 Å². The monoisotopic (exact) mass is 299 g/mol. The third kappa shape index (κ3) is 2.57. The summed E-state index contributed by atoms with van der Waals surface area (Å²) < 4.78 is 0. The van der Waals surface area contributed by atoms with Crippen LogP contribution in [0, 0.1) is 11.3 Å². The lowest BCUT2D eigenvalue weighted by Crippen LogP contribution is -2.43. The average molecular weight is 300 g/mol. The summed E-state index contributed by atoms with van der Waals surface area (Å²) >= 11 is 6.03. The first kappa shape index (κ1) is 13.8. The van der Waals surface area contributed by atoms with Gasteiger partial charge in [-0.1, -0.05) is 29.8 Å². The van der Waals surface area contributed by atoms with Gasteiger partial charge in [-0.05, 0) is 31.4 Å². The van der Waals surface area contributed by atoms with Gasteiger partial charge < -0.3 is 4.90 Å². The highest BCUT2D eigenvalue weighted by Gasteiger charge is 2.28. The first-order valence-corrected chi connectivity index (χ1v) is 7.34. The summed E-state index contributed by atoms with van der Waals surface area (Å²) in [5.74, 6) is -0.137. The second kappa shape index (κ2) is 5.71. The van der Waals surface area contributed by atoms with E-state index >= 15 is 0 Å². The van der Waals surface area contributed by atoms with E-state index in [1.54, 1.807) is 11.0 Å². The molecule has 1 saturated heterocycles. The number of nitriles is 1. The molecule has 0 spiro atoms. The Morgan fingerprint density at radius 3 is 3.00 bits per heavy atom. The molecule has 1 aliphatic rings. The molecule has 21 heavy (non-hydrogen) atoms. The van der Waals surface area contributed by atoms with Crippen LogP contribution in [0.2, 0.25) is 5.15 Å². The van der Waals surface area contributed by atoms with Gasteiger partial charge in [-0.15, -0.1) is 0 Å². The highest BCUT2D eigenvalue weighted by atomic mass is 35.5. The smallest absolute Gasteiger partial charge is 0.255 e. The van der Waals surface area contributed by atoms with E-state index in [1.165, 1.54) is 0 Å². The fourth-order valence-electron chi connectivity index (χ4n) is 2.78. The van der Waals surface area contributed by atoms with Gasteiger partial charge in [0, 0.05) is 11.9 Å². The summed E-state index contributed by atoms with van der Waals surface area (Å²) in [5.41, 5.74) is 1.21. The van der Waals surface area contributed by atoms with Gasteiger partial charge in [0.1, 0.15) is 11.2 Å². The van der Waals surface area contributed by atoms with E-state index in [0.29, 0.717) is 22.8 Å². The summed E-state index contributed by atoms with van der Waals surface area (Å²) in [5, 5.41) is 10.3. The van der Waals surface area contributed by atoms with Crippen molar-refractivity contribution in [2.75, 3.05) is 6.54 Å². The number of carbonyl (C=O) groups is 1. The molecule has 2 aromatic rings. The Morgan fingerprint density at radius 1 is 1.38 bits per heavy atom. The lowest BCUT2D eigenvalue weighted by molar-refractivity contribution is 0.0672. The Kier molecular flexibility index (Phi) is 3.76. The molecule has 1 unspecified atom stereocenters. The SMILES string of the molecule is N#CC1CCCCN1C(=O)c1cc(Cl)nc2ccccc12. The minimum atomic E-state index is -0.350. The van der Waals surface area contributed by atoms with Crippen LogP contribution < -0.4 is 0 Å². The number of hydrogen-bond acceptors (Lipinski definition) is 3. The van der Waals surface area contributed by atoms with E-state index in [-0.39, 0.29) is 11.9 Å². The zero-order valence-electron chi connectivity index (χ0n) is 11.4. The van der Waals surface area contributed by atoms with Crippen molar-refractivity contribution in [3.8, 4) is 6.07 Å². The number of piperidine rings is 1. The van der Waals surface area contributed by atoms with E-state index in [0.717, 1.165) is 24.6 Å². The second-order valence-corrected chi connectivity index (χ2v) is 5.54. The molecule has 0 aliphatic carbocycles. The zero-order valence-corrected chi connectivity index (χ0v) is 12.2. The quantitative estimate of drug-likeness (QED) is 0.758. The molecule has 1 aromatic carbocycles. The Labute approximate surface area is 127 Å². The molecule has 1 aromatic heterocycles. The highest BCUT2D eigenvalue weighted by molar-refractivity contribution is 6.30. The lowest BCUT2D eigenvalue weighted by atomic mass is 10.0. The number of nitrogens with zero attached hydrogens (tertiary/aromatic N) is 3. The lowest BCUT2D eigenvalue weighted by Gasteiger charge is -2.31. The van der Waals surface area contributed by atoms with Crippen LogP contribution in [-0.2, 0) is 0 Å². The molecule has 4 nitrogen and oxygen atoms in total. The number of rotatable bonds is 1. The van der Waals surface area contributed by atoms with Crippen LogP contribution in [0.5, 0.6) is 0 Å². The van der Waals surface area contributed by atoms with Crippen LogP contribution in [0.15, 0.2) is 30.3 Å². The van der Waals surface area contributed by atoms with Gasteiger partial charge >= 0.3 is 0 Å². The predicted molar refractivity (Wildman–Crippen MR) is 81.0 cm³/mol. The molecule has 1 fully saturated rings. The first-order valence-electron chi connectivity index (χ1n) is 6.96. The van der Waals surface area contributed by atoms with Crippen LogP contribution >= 0.6 is 11.6 Å². The fraction of sp³-hybridized carbons (Fsp3) is 0.312. The minimum absolute atomic E-state index is 0.137. The predicted octanol–water partition coefficient (Wildman–Crippen LogP) is 3.41. The molecule has 1 atom stereocenters. The molecular weight excluding hydrogens is 286 g/mol. The Morgan fingerprint density at radius 2 is 2.19 bits per heavy atom. The third-order valence-corrected chi connectivity index (χ3v) is 4.02.